The number of hydrogen-bond donors (Lipinski definition) is 0. The molecule has 0 aromatic heterocycles. The van der Waals surface area contributed by atoms with Crippen LogP contribution >= 0.6 is 11.6 Å². The summed E-state index contributed by atoms with van der Waals surface area (Å²) in [4.78, 5) is 13.4. The standard InChI is InChI=1S/C15H22ClNO/c1-3-5-9-17(10-6-4-2)15-11-14(16)8-7-13(15)12-18/h7-8,11-12H,3-6,9-10H2,1-2H3. The third-order valence-corrected chi connectivity index (χ3v) is 3.26. The van der Waals surface area contributed by atoms with Crippen LogP contribution in [0.15, 0.2) is 18.2 Å². The Bertz CT molecular complexity index is 371. The quantitative estimate of drug-likeness (QED) is 0.644. The van der Waals surface area contributed by atoms with Crippen molar-refractivity contribution < 1.29 is 4.79 Å². The molecular formula is C15H22ClNO. The first-order chi connectivity index (χ1) is 8.72. The van der Waals surface area contributed by atoms with Gasteiger partial charge in [0.15, 0.2) is 6.29 Å². The summed E-state index contributed by atoms with van der Waals surface area (Å²) in [5.41, 5.74) is 1.70. The van der Waals surface area contributed by atoms with Gasteiger partial charge in [0.25, 0.3) is 0 Å². The molecule has 0 radical (unpaired) electrons. The molecule has 1 aromatic rings. The van der Waals surface area contributed by atoms with Gasteiger partial charge in [-0.25, -0.2) is 0 Å². The predicted molar refractivity (Wildman–Crippen MR) is 78.9 cm³/mol. The van der Waals surface area contributed by atoms with Crippen molar-refractivity contribution in [2.45, 2.75) is 39.5 Å². The van der Waals surface area contributed by atoms with Gasteiger partial charge in [-0.05, 0) is 31.0 Å². The number of hydrogen-bond acceptors (Lipinski definition) is 2. The fraction of sp³-hybridized carbons (Fsp3) is 0.533. The van der Waals surface area contributed by atoms with Gasteiger partial charge in [-0.1, -0.05) is 38.3 Å². The van der Waals surface area contributed by atoms with Crippen LogP contribution in [0, 0.1) is 0 Å². The molecule has 0 heterocycles. The molecule has 0 saturated carbocycles. The maximum atomic E-state index is 11.1. The van der Waals surface area contributed by atoms with Gasteiger partial charge in [0.1, 0.15) is 0 Å². The number of carbonyl (C=O) groups is 1. The van der Waals surface area contributed by atoms with E-state index in [4.69, 9.17) is 11.6 Å². The molecule has 1 rings (SSSR count). The summed E-state index contributed by atoms with van der Waals surface area (Å²) in [6.45, 7) is 6.32. The minimum absolute atomic E-state index is 0.689. The van der Waals surface area contributed by atoms with Crippen molar-refractivity contribution in [3.63, 3.8) is 0 Å². The minimum atomic E-state index is 0.689. The Labute approximate surface area is 115 Å². The van der Waals surface area contributed by atoms with E-state index in [9.17, 15) is 4.79 Å². The topological polar surface area (TPSA) is 20.3 Å². The molecule has 2 nitrogen and oxygen atoms in total. The van der Waals surface area contributed by atoms with Crippen LogP contribution in [-0.2, 0) is 0 Å². The molecule has 100 valence electrons. The zero-order valence-corrected chi connectivity index (χ0v) is 12.0. The van der Waals surface area contributed by atoms with E-state index in [0.29, 0.717) is 5.02 Å². The molecule has 3 heteroatoms. The van der Waals surface area contributed by atoms with Gasteiger partial charge in [-0.2, -0.15) is 0 Å². The fourth-order valence-electron chi connectivity index (χ4n) is 1.94. The molecule has 0 aliphatic heterocycles. The first-order valence-corrected chi connectivity index (χ1v) is 7.10. The van der Waals surface area contributed by atoms with E-state index in [0.717, 1.165) is 56.3 Å². The lowest BCUT2D eigenvalue weighted by molar-refractivity contribution is 0.112. The maximum absolute atomic E-state index is 11.1. The molecule has 1 aromatic carbocycles. The Morgan fingerprint density at radius 1 is 1.17 bits per heavy atom. The summed E-state index contributed by atoms with van der Waals surface area (Å²) in [5, 5.41) is 0.689. The Morgan fingerprint density at radius 2 is 1.78 bits per heavy atom. The second kappa shape index (κ2) is 8.15. The molecule has 0 spiro atoms. The van der Waals surface area contributed by atoms with Crippen molar-refractivity contribution in [2.75, 3.05) is 18.0 Å². The fourth-order valence-corrected chi connectivity index (χ4v) is 2.11. The average Bonchev–Trinajstić information content (AvgIpc) is 2.39. The number of benzene rings is 1. The third kappa shape index (κ3) is 4.34. The van der Waals surface area contributed by atoms with Crippen LogP contribution in [0.1, 0.15) is 49.9 Å². The monoisotopic (exact) mass is 267 g/mol. The summed E-state index contributed by atoms with van der Waals surface area (Å²) in [6, 6.07) is 5.47. The summed E-state index contributed by atoms with van der Waals surface area (Å²) in [7, 11) is 0. The third-order valence-electron chi connectivity index (χ3n) is 3.02. The lowest BCUT2D eigenvalue weighted by atomic mass is 10.1. The number of halogens is 1. The number of aldehydes is 1. The van der Waals surface area contributed by atoms with Crippen LogP contribution in [0.5, 0.6) is 0 Å². The van der Waals surface area contributed by atoms with Gasteiger partial charge >= 0.3 is 0 Å². The van der Waals surface area contributed by atoms with Crippen molar-refractivity contribution >= 4 is 23.6 Å². The molecule has 0 fully saturated rings. The van der Waals surface area contributed by atoms with Crippen LogP contribution in [0.2, 0.25) is 5.02 Å². The molecule has 0 unspecified atom stereocenters. The normalized spacial score (nSPS) is 10.4. The highest BCUT2D eigenvalue weighted by molar-refractivity contribution is 6.31. The molecule has 18 heavy (non-hydrogen) atoms. The number of nitrogens with zero attached hydrogens (tertiary/aromatic N) is 1. The van der Waals surface area contributed by atoms with E-state index in [1.807, 2.05) is 6.07 Å². The largest absolute Gasteiger partial charge is 0.371 e. The molecule has 0 amide bonds. The second-order valence-electron chi connectivity index (χ2n) is 4.52. The second-order valence-corrected chi connectivity index (χ2v) is 4.95. The van der Waals surface area contributed by atoms with Crippen LogP contribution in [-0.4, -0.2) is 19.4 Å². The Balaban J connectivity index is 2.94. The minimum Gasteiger partial charge on any atom is -0.371 e. The lowest BCUT2D eigenvalue weighted by Crippen LogP contribution is -2.26. The van der Waals surface area contributed by atoms with Crippen LogP contribution < -0.4 is 4.90 Å². The maximum Gasteiger partial charge on any atom is 0.152 e. The molecule has 0 aliphatic rings. The van der Waals surface area contributed by atoms with Crippen LogP contribution in [0.3, 0.4) is 0 Å². The zero-order chi connectivity index (χ0) is 13.4. The van der Waals surface area contributed by atoms with Gasteiger partial charge in [-0.15, -0.1) is 0 Å². The van der Waals surface area contributed by atoms with Gasteiger partial charge in [0.2, 0.25) is 0 Å². The van der Waals surface area contributed by atoms with E-state index in [1.54, 1.807) is 12.1 Å². The predicted octanol–water partition coefficient (Wildman–Crippen LogP) is 4.56. The number of rotatable bonds is 8. The van der Waals surface area contributed by atoms with Crippen molar-refractivity contribution in [3.8, 4) is 0 Å². The molecule has 0 bridgehead atoms. The zero-order valence-electron chi connectivity index (χ0n) is 11.3. The first-order valence-electron chi connectivity index (χ1n) is 6.72. The summed E-state index contributed by atoms with van der Waals surface area (Å²) >= 11 is 6.04. The van der Waals surface area contributed by atoms with Gasteiger partial charge < -0.3 is 4.90 Å². The smallest absolute Gasteiger partial charge is 0.152 e. The van der Waals surface area contributed by atoms with Gasteiger partial charge in [0, 0.05) is 29.4 Å². The van der Waals surface area contributed by atoms with Crippen molar-refractivity contribution in [3.05, 3.63) is 28.8 Å². The number of carbonyl (C=O) groups excluding carboxylic acids is 1. The molecule has 0 saturated heterocycles. The first kappa shape index (κ1) is 15.0. The van der Waals surface area contributed by atoms with Crippen LogP contribution in [0.4, 0.5) is 5.69 Å². The average molecular weight is 268 g/mol. The Morgan fingerprint density at radius 3 is 2.28 bits per heavy atom. The number of unbranched alkanes of at least 4 members (excludes halogenated alkanes) is 2. The van der Waals surface area contributed by atoms with Gasteiger partial charge in [-0.3, -0.25) is 4.79 Å². The van der Waals surface area contributed by atoms with Crippen molar-refractivity contribution in [1.29, 1.82) is 0 Å². The summed E-state index contributed by atoms with van der Waals surface area (Å²) in [5.74, 6) is 0. The molecule has 0 atom stereocenters. The summed E-state index contributed by atoms with van der Waals surface area (Å²) in [6.07, 6.45) is 5.48. The molecule has 0 aliphatic carbocycles. The van der Waals surface area contributed by atoms with Crippen LogP contribution in [0.25, 0.3) is 0 Å². The lowest BCUT2D eigenvalue weighted by Gasteiger charge is -2.26. The van der Waals surface area contributed by atoms with Crippen molar-refractivity contribution in [2.24, 2.45) is 0 Å². The highest BCUT2D eigenvalue weighted by atomic mass is 35.5. The van der Waals surface area contributed by atoms with E-state index in [2.05, 4.69) is 18.7 Å². The van der Waals surface area contributed by atoms with E-state index < -0.39 is 0 Å². The number of anilines is 1. The highest BCUT2D eigenvalue weighted by Crippen LogP contribution is 2.24. The van der Waals surface area contributed by atoms with E-state index in [-0.39, 0.29) is 0 Å². The Kier molecular flexibility index (Phi) is 6.81. The van der Waals surface area contributed by atoms with E-state index in [1.165, 1.54) is 0 Å². The Hall–Kier alpha value is -1.02. The van der Waals surface area contributed by atoms with E-state index >= 15 is 0 Å². The SMILES string of the molecule is CCCCN(CCCC)c1cc(Cl)ccc1C=O. The van der Waals surface area contributed by atoms with Gasteiger partial charge in [0.05, 0.1) is 0 Å². The van der Waals surface area contributed by atoms with Crippen molar-refractivity contribution in [1.82, 2.24) is 0 Å². The molecule has 0 N–H and O–H groups in total. The highest BCUT2D eigenvalue weighted by Gasteiger charge is 2.11. The summed E-state index contributed by atoms with van der Waals surface area (Å²) < 4.78 is 0. The molecular weight excluding hydrogens is 246 g/mol.